The van der Waals surface area contributed by atoms with Crippen LogP contribution >= 0.6 is 27.5 Å². The molecule has 0 bridgehead atoms. The number of aromatic nitrogens is 3. The van der Waals surface area contributed by atoms with Gasteiger partial charge in [0, 0.05) is 5.02 Å². The lowest BCUT2D eigenvalue weighted by molar-refractivity contribution is 0.398. The van der Waals surface area contributed by atoms with Crippen molar-refractivity contribution in [2.45, 2.75) is 17.5 Å². The third-order valence-electron chi connectivity index (χ3n) is 3.80. The van der Waals surface area contributed by atoms with E-state index in [2.05, 4.69) is 30.7 Å². The van der Waals surface area contributed by atoms with Gasteiger partial charge in [-0.1, -0.05) is 41.9 Å². The Morgan fingerprint density at radius 1 is 1.30 bits per heavy atom. The minimum absolute atomic E-state index is 0.0519. The van der Waals surface area contributed by atoms with Gasteiger partial charge in [-0.05, 0) is 33.6 Å². The van der Waals surface area contributed by atoms with Crippen molar-refractivity contribution in [3.63, 3.8) is 0 Å². The Hall–Kier alpha value is -1.94. The first-order chi connectivity index (χ1) is 12.9. The van der Waals surface area contributed by atoms with E-state index in [0.29, 0.717) is 4.47 Å². The maximum Gasteiger partial charge on any atom is 0.244 e. The van der Waals surface area contributed by atoms with E-state index in [4.69, 9.17) is 16.3 Å². The molecule has 0 aliphatic carbocycles. The second-order valence-electron chi connectivity index (χ2n) is 5.62. The smallest absolute Gasteiger partial charge is 0.244 e. The Kier molecular flexibility index (Phi) is 6.15. The summed E-state index contributed by atoms with van der Waals surface area (Å²) in [6.07, 6.45) is 2.93. The number of methoxy groups -OCH3 is 1. The summed E-state index contributed by atoms with van der Waals surface area (Å²) in [5, 5.41) is 4.34. The van der Waals surface area contributed by atoms with Gasteiger partial charge in [0.05, 0.1) is 24.2 Å². The topological polar surface area (TPSA) is 86.1 Å². The van der Waals surface area contributed by atoms with Gasteiger partial charge in [-0.15, -0.1) is 0 Å². The van der Waals surface area contributed by atoms with Crippen LogP contribution < -0.4 is 9.46 Å². The molecular weight excluding hydrogens is 456 g/mol. The highest BCUT2D eigenvalue weighted by Crippen LogP contribution is 2.36. The fourth-order valence-electron chi connectivity index (χ4n) is 2.60. The van der Waals surface area contributed by atoms with Crippen molar-refractivity contribution in [3.05, 3.63) is 70.2 Å². The molecule has 0 radical (unpaired) electrons. The van der Waals surface area contributed by atoms with E-state index in [0.717, 1.165) is 5.56 Å². The lowest BCUT2D eigenvalue weighted by Gasteiger charge is -2.20. The standard InChI is InChI=1S/C17H16BrClN4O3S/c1-26-17-14(18)7-13(19)8-16(17)27(24,25)22-15(9-23-11-20-10-21-23)12-5-3-2-4-6-12/h2-8,10-11,15,22H,9H2,1H3. The van der Waals surface area contributed by atoms with E-state index in [9.17, 15) is 8.42 Å². The Bertz CT molecular complexity index is 1010. The highest BCUT2D eigenvalue weighted by molar-refractivity contribution is 9.10. The van der Waals surface area contributed by atoms with E-state index >= 15 is 0 Å². The summed E-state index contributed by atoms with van der Waals surface area (Å²) in [5.74, 6) is 0.180. The Morgan fingerprint density at radius 2 is 2.04 bits per heavy atom. The summed E-state index contributed by atoms with van der Waals surface area (Å²) in [4.78, 5) is 3.85. The van der Waals surface area contributed by atoms with Crippen molar-refractivity contribution in [1.82, 2.24) is 19.5 Å². The minimum atomic E-state index is -3.95. The first-order valence-corrected chi connectivity index (χ1v) is 10.5. The predicted molar refractivity (Wildman–Crippen MR) is 105 cm³/mol. The van der Waals surface area contributed by atoms with Crippen LogP contribution in [0.3, 0.4) is 0 Å². The van der Waals surface area contributed by atoms with Crippen molar-refractivity contribution in [3.8, 4) is 5.75 Å². The van der Waals surface area contributed by atoms with Crippen LogP contribution in [0.5, 0.6) is 5.75 Å². The van der Waals surface area contributed by atoms with E-state index in [-0.39, 0.29) is 22.2 Å². The number of nitrogens with one attached hydrogen (secondary N) is 1. The number of hydrogen-bond acceptors (Lipinski definition) is 5. The molecular formula is C17H16BrClN4O3S. The number of nitrogens with zero attached hydrogens (tertiary/aromatic N) is 3. The molecule has 10 heteroatoms. The van der Waals surface area contributed by atoms with Crippen LogP contribution in [0.15, 0.2) is 64.5 Å². The van der Waals surface area contributed by atoms with Crippen LogP contribution in [-0.2, 0) is 16.6 Å². The summed E-state index contributed by atoms with van der Waals surface area (Å²) in [6, 6.07) is 11.6. The van der Waals surface area contributed by atoms with Gasteiger partial charge in [0.2, 0.25) is 10.0 Å². The maximum absolute atomic E-state index is 13.1. The SMILES string of the molecule is COc1c(Br)cc(Cl)cc1S(=O)(=O)NC(Cn1cncn1)c1ccccc1. The van der Waals surface area contributed by atoms with E-state index in [1.807, 2.05) is 30.3 Å². The molecule has 0 saturated carbocycles. The summed E-state index contributed by atoms with van der Waals surface area (Å²) < 4.78 is 36.2. The molecule has 1 atom stereocenters. The number of hydrogen-bond donors (Lipinski definition) is 1. The molecule has 0 aliphatic rings. The average molecular weight is 472 g/mol. The van der Waals surface area contributed by atoms with Crippen LogP contribution in [0.25, 0.3) is 0 Å². The van der Waals surface area contributed by atoms with Crippen LogP contribution in [-0.4, -0.2) is 30.3 Å². The zero-order chi connectivity index (χ0) is 19.4. The monoisotopic (exact) mass is 470 g/mol. The summed E-state index contributed by atoms with van der Waals surface area (Å²) in [6.45, 7) is 0.271. The molecule has 1 N–H and O–H groups in total. The fourth-order valence-corrected chi connectivity index (χ4v) is 5.20. The number of sulfonamides is 1. The highest BCUT2D eigenvalue weighted by Gasteiger charge is 2.27. The van der Waals surface area contributed by atoms with Gasteiger partial charge in [0.25, 0.3) is 0 Å². The molecule has 0 spiro atoms. The number of halogens is 2. The van der Waals surface area contributed by atoms with Crippen molar-refractivity contribution < 1.29 is 13.2 Å². The Morgan fingerprint density at radius 3 is 2.67 bits per heavy atom. The van der Waals surface area contributed by atoms with Crippen LogP contribution in [0.4, 0.5) is 0 Å². The zero-order valence-electron chi connectivity index (χ0n) is 14.2. The average Bonchev–Trinajstić information content (AvgIpc) is 3.14. The van der Waals surface area contributed by atoms with Gasteiger partial charge in [0.1, 0.15) is 17.6 Å². The van der Waals surface area contributed by atoms with Gasteiger partial charge in [-0.3, -0.25) is 4.68 Å². The molecule has 0 amide bonds. The van der Waals surface area contributed by atoms with E-state index < -0.39 is 16.1 Å². The number of benzene rings is 2. The van der Waals surface area contributed by atoms with Gasteiger partial charge in [0.15, 0.2) is 5.75 Å². The van der Waals surface area contributed by atoms with Crippen LogP contribution in [0.1, 0.15) is 11.6 Å². The quantitative estimate of drug-likeness (QED) is 0.570. The molecule has 27 heavy (non-hydrogen) atoms. The lowest BCUT2D eigenvalue weighted by Crippen LogP contribution is -2.32. The predicted octanol–water partition coefficient (Wildman–Crippen LogP) is 3.42. The zero-order valence-corrected chi connectivity index (χ0v) is 17.4. The molecule has 0 saturated heterocycles. The van der Waals surface area contributed by atoms with Gasteiger partial charge in [-0.25, -0.2) is 18.1 Å². The number of rotatable bonds is 7. The second kappa shape index (κ2) is 8.39. The van der Waals surface area contributed by atoms with Crippen LogP contribution in [0.2, 0.25) is 5.02 Å². The van der Waals surface area contributed by atoms with Crippen molar-refractivity contribution in [2.75, 3.05) is 7.11 Å². The summed E-state index contributed by atoms with van der Waals surface area (Å²) >= 11 is 9.34. The van der Waals surface area contributed by atoms with Gasteiger partial charge < -0.3 is 4.74 Å². The molecule has 3 rings (SSSR count). The molecule has 7 nitrogen and oxygen atoms in total. The molecule has 3 aromatic rings. The van der Waals surface area contributed by atoms with Gasteiger partial charge in [-0.2, -0.15) is 5.10 Å². The third-order valence-corrected chi connectivity index (χ3v) is 6.09. The van der Waals surface area contributed by atoms with Crippen LogP contribution in [0, 0.1) is 0 Å². The molecule has 0 aliphatic heterocycles. The molecule has 2 aromatic carbocycles. The fraction of sp³-hybridized carbons (Fsp3) is 0.176. The first-order valence-electron chi connectivity index (χ1n) is 7.83. The second-order valence-corrected chi connectivity index (χ2v) is 8.59. The molecule has 142 valence electrons. The normalized spacial score (nSPS) is 12.7. The molecule has 1 aromatic heterocycles. The Balaban J connectivity index is 2.00. The van der Waals surface area contributed by atoms with Crippen molar-refractivity contribution >= 4 is 37.6 Å². The lowest BCUT2D eigenvalue weighted by atomic mass is 10.1. The van der Waals surface area contributed by atoms with Gasteiger partial charge >= 0.3 is 0 Å². The van der Waals surface area contributed by atoms with Crippen molar-refractivity contribution in [1.29, 1.82) is 0 Å². The first kappa shape index (κ1) is 19.8. The number of ether oxygens (including phenoxy) is 1. The minimum Gasteiger partial charge on any atom is -0.494 e. The molecule has 0 fully saturated rings. The van der Waals surface area contributed by atoms with E-state index in [1.165, 1.54) is 25.8 Å². The highest BCUT2D eigenvalue weighted by atomic mass is 79.9. The van der Waals surface area contributed by atoms with E-state index in [1.54, 1.807) is 10.7 Å². The summed E-state index contributed by atoms with van der Waals surface area (Å²) in [5.41, 5.74) is 0.789. The van der Waals surface area contributed by atoms with Crippen molar-refractivity contribution in [2.24, 2.45) is 0 Å². The summed E-state index contributed by atoms with van der Waals surface area (Å²) in [7, 11) is -2.55. The molecule has 1 unspecified atom stereocenters. The molecule has 1 heterocycles. The Labute approximate surface area is 170 Å². The largest absolute Gasteiger partial charge is 0.494 e. The maximum atomic E-state index is 13.1. The third kappa shape index (κ3) is 4.67.